The lowest BCUT2D eigenvalue weighted by molar-refractivity contribution is 0.416. The summed E-state index contributed by atoms with van der Waals surface area (Å²) in [5, 5.41) is 0. The van der Waals surface area contributed by atoms with Gasteiger partial charge in [-0.2, -0.15) is 0 Å². The predicted octanol–water partition coefficient (Wildman–Crippen LogP) is 3.34. The van der Waals surface area contributed by atoms with Crippen LogP contribution in [0.4, 0.5) is 0 Å². The summed E-state index contributed by atoms with van der Waals surface area (Å²) in [6.07, 6.45) is 5.32. The van der Waals surface area contributed by atoms with E-state index in [2.05, 4.69) is 5.92 Å². The van der Waals surface area contributed by atoms with E-state index in [1.54, 1.807) is 7.11 Å². The second-order valence-corrected chi connectivity index (χ2v) is 3.42. The van der Waals surface area contributed by atoms with Gasteiger partial charge < -0.3 is 4.74 Å². The number of benzene rings is 2. The lowest BCUT2D eigenvalue weighted by Gasteiger charge is -2.07. The molecule has 0 fully saturated rings. The standard InChI is InChI=1S/C15H12O/c1-3-12-8-10-13(11-9-12)14-6-4-5-7-15(14)16-2/h1,4-11H,2H3. The van der Waals surface area contributed by atoms with Gasteiger partial charge in [0.15, 0.2) is 0 Å². The smallest absolute Gasteiger partial charge is 0.126 e. The van der Waals surface area contributed by atoms with Crippen molar-refractivity contribution >= 4 is 0 Å². The quantitative estimate of drug-likeness (QED) is 0.688. The first-order chi connectivity index (χ1) is 7.85. The number of ether oxygens (including phenoxy) is 1. The van der Waals surface area contributed by atoms with Crippen LogP contribution in [0.2, 0.25) is 0 Å². The fourth-order valence-corrected chi connectivity index (χ4v) is 1.63. The molecule has 0 aliphatic carbocycles. The minimum Gasteiger partial charge on any atom is -0.496 e. The van der Waals surface area contributed by atoms with E-state index in [1.165, 1.54) is 0 Å². The number of terminal acetylenes is 1. The van der Waals surface area contributed by atoms with Gasteiger partial charge in [-0.05, 0) is 23.8 Å². The third-order valence-corrected chi connectivity index (χ3v) is 2.47. The Labute approximate surface area is 95.7 Å². The summed E-state index contributed by atoms with van der Waals surface area (Å²) < 4.78 is 5.32. The second-order valence-electron chi connectivity index (χ2n) is 3.42. The Morgan fingerprint density at radius 1 is 1.00 bits per heavy atom. The van der Waals surface area contributed by atoms with Crippen molar-refractivity contribution in [1.29, 1.82) is 0 Å². The average molecular weight is 208 g/mol. The van der Waals surface area contributed by atoms with Gasteiger partial charge in [0.2, 0.25) is 0 Å². The molecular weight excluding hydrogens is 196 g/mol. The zero-order chi connectivity index (χ0) is 11.4. The van der Waals surface area contributed by atoms with Crippen LogP contribution >= 0.6 is 0 Å². The van der Waals surface area contributed by atoms with Crippen molar-refractivity contribution in [2.75, 3.05) is 7.11 Å². The van der Waals surface area contributed by atoms with Gasteiger partial charge in [-0.1, -0.05) is 36.3 Å². The zero-order valence-corrected chi connectivity index (χ0v) is 9.10. The first kappa shape index (κ1) is 10.3. The molecule has 0 heterocycles. The van der Waals surface area contributed by atoms with E-state index in [9.17, 15) is 0 Å². The van der Waals surface area contributed by atoms with E-state index in [4.69, 9.17) is 11.2 Å². The molecule has 0 amide bonds. The molecule has 16 heavy (non-hydrogen) atoms. The summed E-state index contributed by atoms with van der Waals surface area (Å²) >= 11 is 0. The van der Waals surface area contributed by atoms with Gasteiger partial charge in [-0.3, -0.25) is 0 Å². The van der Waals surface area contributed by atoms with Crippen molar-refractivity contribution in [3.63, 3.8) is 0 Å². The van der Waals surface area contributed by atoms with Crippen molar-refractivity contribution in [1.82, 2.24) is 0 Å². The first-order valence-corrected chi connectivity index (χ1v) is 5.05. The highest BCUT2D eigenvalue weighted by Gasteiger charge is 2.03. The van der Waals surface area contributed by atoms with Gasteiger partial charge in [0, 0.05) is 11.1 Å². The Kier molecular flexibility index (Phi) is 2.93. The highest BCUT2D eigenvalue weighted by atomic mass is 16.5. The Balaban J connectivity index is 2.47. The minimum absolute atomic E-state index is 0.871. The summed E-state index contributed by atoms with van der Waals surface area (Å²) in [5.41, 5.74) is 3.07. The molecule has 2 aromatic rings. The summed E-state index contributed by atoms with van der Waals surface area (Å²) in [4.78, 5) is 0. The van der Waals surface area contributed by atoms with E-state index in [0.29, 0.717) is 0 Å². The summed E-state index contributed by atoms with van der Waals surface area (Å²) in [7, 11) is 1.68. The topological polar surface area (TPSA) is 9.23 Å². The molecule has 0 aliphatic heterocycles. The number of hydrogen-bond donors (Lipinski definition) is 0. The molecule has 78 valence electrons. The van der Waals surface area contributed by atoms with Crippen LogP contribution in [-0.2, 0) is 0 Å². The summed E-state index contributed by atoms with van der Waals surface area (Å²) in [6.45, 7) is 0. The molecule has 0 saturated heterocycles. The predicted molar refractivity (Wildman–Crippen MR) is 66.4 cm³/mol. The third kappa shape index (κ3) is 1.92. The molecule has 0 saturated carbocycles. The van der Waals surface area contributed by atoms with Crippen LogP contribution in [0, 0.1) is 12.3 Å². The molecule has 1 heteroatoms. The van der Waals surface area contributed by atoms with Gasteiger partial charge in [0.25, 0.3) is 0 Å². The van der Waals surface area contributed by atoms with Crippen LogP contribution in [0.3, 0.4) is 0 Å². The molecule has 1 nitrogen and oxygen atoms in total. The molecule has 0 spiro atoms. The van der Waals surface area contributed by atoms with Crippen LogP contribution in [-0.4, -0.2) is 7.11 Å². The molecular formula is C15H12O. The maximum atomic E-state index is 5.32. The number of hydrogen-bond acceptors (Lipinski definition) is 1. The molecule has 0 N–H and O–H groups in total. The minimum atomic E-state index is 0.871. The van der Waals surface area contributed by atoms with Crippen molar-refractivity contribution in [3.8, 4) is 29.2 Å². The van der Waals surface area contributed by atoms with Crippen LogP contribution in [0.5, 0.6) is 5.75 Å². The van der Waals surface area contributed by atoms with Gasteiger partial charge in [-0.15, -0.1) is 6.42 Å². The van der Waals surface area contributed by atoms with Crippen molar-refractivity contribution in [3.05, 3.63) is 54.1 Å². The molecule has 0 atom stereocenters. The molecule has 0 bridgehead atoms. The highest BCUT2D eigenvalue weighted by Crippen LogP contribution is 2.29. The highest BCUT2D eigenvalue weighted by molar-refractivity contribution is 5.70. The van der Waals surface area contributed by atoms with Crippen molar-refractivity contribution in [2.45, 2.75) is 0 Å². The number of methoxy groups -OCH3 is 1. The molecule has 0 unspecified atom stereocenters. The van der Waals surface area contributed by atoms with E-state index < -0.39 is 0 Å². The maximum absolute atomic E-state index is 5.32. The van der Waals surface area contributed by atoms with Crippen LogP contribution in [0.1, 0.15) is 5.56 Å². The Bertz CT molecular complexity index is 518. The number of rotatable bonds is 2. The first-order valence-electron chi connectivity index (χ1n) is 5.05. The van der Waals surface area contributed by atoms with Gasteiger partial charge in [-0.25, -0.2) is 0 Å². The molecule has 0 aromatic heterocycles. The zero-order valence-electron chi connectivity index (χ0n) is 9.10. The molecule has 2 aromatic carbocycles. The van der Waals surface area contributed by atoms with Crippen LogP contribution < -0.4 is 4.74 Å². The normalized spacial score (nSPS) is 9.50. The SMILES string of the molecule is C#Cc1ccc(-c2ccccc2OC)cc1. The third-order valence-electron chi connectivity index (χ3n) is 2.47. The van der Waals surface area contributed by atoms with E-state index in [1.807, 2.05) is 48.5 Å². The molecule has 0 radical (unpaired) electrons. The van der Waals surface area contributed by atoms with Crippen molar-refractivity contribution in [2.24, 2.45) is 0 Å². The van der Waals surface area contributed by atoms with E-state index in [0.717, 1.165) is 22.4 Å². The Morgan fingerprint density at radius 2 is 1.69 bits per heavy atom. The fourth-order valence-electron chi connectivity index (χ4n) is 1.63. The van der Waals surface area contributed by atoms with Gasteiger partial charge >= 0.3 is 0 Å². The molecule has 0 aliphatic rings. The summed E-state index contributed by atoms with van der Waals surface area (Å²) in [6, 6.07) is 15.8. The lowest BCUT2D eigenvalue weighted by Crippen LogP contribution is -1.87. The van der Waals surface area contributed by atoms with Crippen LogP contribution in [0.15, 0.2) is 48.5 Å². The van der Waals surface area contributed by atoms with E-state index in [-0.39, 0.29) is 0 Å². The lowest BCUT2D eigenvalue weighted by atomic mass is 10.0. The van der Waals surface area contributed by atoms with Crippen LogP contribution in [0.25, 0.3) is 11.1 Å². The number of para-hydroxylation sites is 1. The summed E-state index contributed by atoms with van der Waals surface area (Å²) in [5.74, 6) is 3.47. The van der Waals surface area contributed by atoms with Gasteiger partial charge in [0.05, 0.1) is 7.11 Å². The Morgan fingerprint density at radius 3 is 2.31 bits per heavy atom. The maximum Gasteiger partial charge on any atom is 0.126 e. The largest absolute Gasteiger partial charge is 0.496 e. The Hall–Kier alpha value is -2.20. The monoisotopic (exact) mass is 208 g/mol. The fraction of sp³-hybridized carbons (Fsp3) is 0.0667. The van der Waals surface area contributed by atoms with Crippen molar-refractivity contribution < 1.29 is 4.74 Å². The second kappa shape index (κ2) is 4.55. The molecule has 2 rings (SSSR count). The average Bonchev–Trinajstić information content (AvgIpc) is 2.39. The van der Waals surface area contributed by atoms with E-state index >= 15 is 0 Å². The van der Waals surface area contributed by atoms with Gasteiger partial charge in [0.1, 0.15) is 5.75 Å².